The number of hydrogen-bond acceptors (Lipinski definition) is 19. The van der Waals surface area contributed by atoms with E-state index in [9.17, 15) is 0 Å². The van der Waals surface area contributed by atoms with Gasteiger partial charge in [0.1, 0.15) is 13.1 Å². The molecule has 618 valence electrons. The molecule has 0 atom stereocenters. The fraction of sp³-hybridized carbons (Fsp3) is 0.937. The Morgan fingerprint density at radius 1 is 0.306 bits per heavy atom. The summed E-state index contributed by atoms with van der Waals surface area (Å²) < 4.78 is 23.8. The van der Waals surface area contributed by atoms with E-state index in [1.165, 1.54) is 119 Å². The van der Waals surface area contributed by atoms with E-state index in [0.29, 0.717) is 20.1 Å². The number of rotatable bonds is 0. The molecule has 1 aliphatic carbocycles. The highest BCUT2D eigenvalue weighted by atomic mass is 32.2. The number of nitrogens with zero attached hydrogens (tertiary/aromatic N) is 5. The summed E-state index contributed by atoms with van der Waals surface area (Å²) in [7, 11) is 0. The first-order chi connectivity index (χ1) is 49.0. The van der Waals surface area contributed by atoms with Gasteiger partial charge < -0.3 is 49.8 Å². The summed E-state index contributed by atoms with van der Waals surface area (Å²) in [6.07, 6.45) is 25.8. The van der Waals surface area contributed by atoms with Crippen molar-refractivity contribution in [2.45, 2.75) is 360 Å². The van der Waals surface area contributed by atoms with Crippen molar-refractivity contribution in [2.75, 3.05) is 135 Å². The third kappa shape index (κ3) is 259. The Balaban J connectivity index is -0.0000000363. The van der Waals surface area contributed by atoms with Gasteiger partial charge in [-0.1, -0.05) is 327 Å². The Morgan fingerprint density at radius 3 is 0.816 bits per heavy atom. The second kappa shape index (κ2) is 268. The van der Waals surface area contributed by atoms with Gasteiger partial charge in [-0.25, -0.2) is 4.99 Å². The summed E-state index contributed by atoms with van der Waals surface area (Å²) in [6, 6.07) is 0. The van der Waals surface area contributed by atoms with Crippen LogP contribution in [0.15, 0.2) is 25.1 Å². The minimum atomic E-state index is 0.278. The minimum Gasteiger partial charge on any atom is -0.483 e. The van der Waals surface area contributed by atoms with Crippen LogP contribution in [0, 0.1) is 0 Å². The summed E-state index contributed by atoms with van der Waals surface area (Å²) >= 11 is 4.12. The van der Waals surface area contributed by atoms with Crippen LogP contribution >= 0.6 is 23.5 Å². The van der Waals surface area contributed by atoms with Crippen LogP contribution in [0.2, 0.25) is 0 Å². The molecule has 5 N–H and O–H groups in total. The second-order valence-corrected chi connectivity index (χ2v) is 15.7. The van der Waals surface area contributed by atoms with E-state index in [2.05, 4.69) is 89.8 Å². The molecule has 0 bridgehead atoms. The number of ether oxygens (including phenoxy) is 5. The molecule has 0 aromatic carbocycles. The molecule has 10 aliphatic rings. The van der Waals surface area contributed by atoms with Crippen molar-refractivity contribution >= 4 is 55.2 Å². The van der Waals surface area contributed by atoms with E-state index in [-0.39, 0.29) is 6.79 Å². The zero-order chi connectivity index (χ0) is 81.0. The van der Waals surface area contributed by atoms with Crippen molar-refractivity contribution in [3.05, 3.63) is 0 Å². The molecule has 0 aromatic heterocycles. The molecular formula is C79H198N10O7S2. The van der Waals surface area contributed by atoms with Crippen molar-refractivity contribution < 1.29 is 33.4 Å². The van der Waals surface area contributed by atoms with Crippen LogP contribution in [0.5, 0.6) is 0 Å². The Bertz CT molecular complexity index is 737. The van der Waals surface area contributed by atoms with Crippen molar-refractivity contribution in [3.63, 3.8) is 0 Å². The zero-order valence-electron chi connectivity index (χ0n) is 75.3. The first-order valence-corrected chi connectivity index (χ1v) is 43.7. The Labute approximate surface area is 632 Å². The van der Waals surface area contributed by atoms with Gasteiger partial charge in [0, 0.05) is 63.5 Å². The topological polar surface area (TPSA) is 187 Å². The molecule has 9 heterocycles. The predicted octanol–water partition coefficient (Wildman–Crippen LogP) is 25.0. The third-order valence-electron chi connectivity index (χ3n) is 8.01. The molecular weight excluding hydrogens is 1270 g/mol. The summed E-state index contributed by atoms with van der Waals surface area (Å²) in [4.78, 5) is 24.1. The second-order valence-electron chi connectivity index (χ2n) is 13.1. The normalized spacial score (nSPS) is 14.2. The van der Waals surface area contributed by atoms with Crippen molar-refractivity contribution in [2.24, 2.45) is 25.1 Å². The molecule has 4 saturated heterocycles. The summed E-state index contributed by atoms with van der Waals surface area (Å²) in [6.45, 7) is 96.3. The van der Waals surface area contributed by atoms with Gasteiger partial charge in [-0.2, -0.15) is 23.5 Å². The largest absolute Gasteiger partial charge is 0.483 e. The van der Waals surface area contributed by atoms with Gasteiger partial charge in [0.15, 0.2) is 13.1 Å². The molecule has 0 amide bonds. The number of hydrogen-bond donors (Lipinski definition) is 5. The Hall–Kier alpha value is -2.23. The van der Waals surface area contributed by atoms with Crippen molar-refractivity contribution in [1.82, 2.24) is 26.7 Å². The lowest BCUT2D eigenvalue weighted by Crippen LogP contribution is -2.39. The predicted molar refractivity (Wildman–Crippen MR) is 470 cm³/mol. The van der Waals surface area contributed by atoms with Gasteiger partial charge in [-0.05, 0) is 56.7 Å². The smallest absolute Gasteiger partial charge is 0.257 e. The van der Waals surface area contributed by atoms with E-state index in [1.807, 2.05) is 277 Å². The third-order valence-corrected chi connectivity index (χ3v) is 10.5. The van der Waals surface area contributed by atoms with Gasteiger partial charge in [0.05, 0.1) is 45.9 Å². The van der Waals surface area contributed by atoms with Crippen LogP contribution in [0.4, 0.5) is 0 Å². The molecule has 0 unspecified atom stereocenters. The number of thioether (sulfide) groups is 2. The number of piperidine rings is 1. The molecule has 17 nitrogen and oxygen atoms in total. The molecule has 9 aliphatic heterocycles. The quantitative estimate of drug-likeness (QED) is 0.154. The first kappa shape index (κ1) is 150. The number of oxime groups is 1. The lowest BCUT2D eigenvalue weighted by Gasteiger charge is -2.11. The van der Waals surface area contributed by atoms with Crippen LogP contribution in [-0.2, 0) is 33.4 Å². The maximum Gasteiger partial charge on any atom is 0.257 e. The highest BCUT2D eigenvalue weighted by Gasteiger charge is 1.98. The number of aliphatic imine (C=N–C) groups is 4. The summed E-state index contributed by atoms with van der Waals surface area (Å²) in [5, 5.41) is 17.3. The molecule has 5 fully saturated rings. The van der Waals surface area contributed by atoms with E-state index in [4.69, 9.17) is 18.9 Å². The maximum atomic E-state index is 4.92. The van der Waals surface area contributed by atoms with Gasteiger partial charge >= 0.3 is 0 Å². The first-order valence-electron chi connectivity index (χ1n) is 41.4. The highest BCUT2D eigenvalue weighted by molar-refractivity contribution is 8.16. The van der Waals surface area contributed by atoms with Crippen molar-refractivity contribution in [3.8, 4) is 0 Å². The van der Waals surface area contributed by atoms with Gasteiger partial charge in [0.25, 0.3) is 6.79 Å². The van der Waals surface area contributed by atoms with Crippen molar-refractivity contribution in [1.29, 1.82) is 0 Å². The lowest BCUT2D eigenvalue weighted by molar-refractivity contribution is -0.0963. The summed E-state index contributed by atoms with van der Waals surface area (Å²) in [5.41, 5.74) is 2.43. The maximum absolute atomic E-state index is 4.92. The average molecular weight is 1460 g/mol. The van der Waals surface area contributed by atoms with E-state index < -0.39 is 0 Å². The Kier molecular flexibility index (Phi) is 410. The molecule has 0 radical (unpaired) electrons. The Morgan fingerprint density at radius 2 is 0.714 bits per heavy atom. The zero-order valence-corrected chi connectivity index (χ0v) is 77.0. The van der Waals surface area contributed by atoms with Crippen LogP contribution < -0.4 is 26.7 Å². The monoisotopic (exact) mass is 1460 g/mol. The van der Waals surface area contributed by atoms with E-state index >= 15 is 0 Å². The van der Waals surface area contributed by atoms with Gasteiger partial charge in [-0.15, -0.1) is 0 Å². The fourth-order valence-corrected chi connectivity index (χ4v) is 7.24. The number of piperazine rings is 1. The fourth-order valence-electron chi connectivity index (χ4n) is 4.94. The lowest BCUT2D eigenvalue weighted by atomic mass is 10.0. The highest BCUT2D eigenvalue weighted by Crippen LogP contribution is 2.20. The molecule has 10 rings (SSSR count). The van der Waals surface area contributed by atoms with Crippen LogP contribution in [0.3, 0.4) is 0 Å². The van der Waals surface area contributed by atoms with Gasteiger partial charge in [0.2, 0.25) is 6.40 Å². The molecule has 98 heavy (non-hydrogen) atoms. The van der Waals surface area contributed by atoms with E-state index in [0.717, 1.165) is 91.6 Å². The molecule has 0 aromatic rings. The van der Waals surface area contributed by atoms with Gasteiger partial charge in [-0.3, -0.25) is 25.3 Å². The van der Waals surface area contributed by atoms with E-state index in [1.54, 1.807) is 12.6 Å². The summed E-state index contributed by atoms with van der Waals surface area (Å²) in [5.74, 6) is 2.79. The number of nitrogens with one attached hydrogen (secondary N) is 5. The van der Waals surface area contributed by atoms with Crippen LogP contribution in [0.1, 0.15) is 360 Å². The molecule has 0 spiro atoms. The van der Waals surface area contributed by atoms with Crippen LogP contribution in [0.25, 0.3) is 0 Å². The van der Waals surface area contributed by atoms with Crippen LogP contribution in [-0.4, -0.2) is 167 Å². The number of hydroxylamine groups is 1. The SMILES string of the molecule is C1=NCCCN1.C1=NCCCO1.C1=NCCOC1.C1=NCON1.C1=NOCO1.C1CCCCC1.C1CCNCC1.C1CNCCN1.C1COCOC1.C1CSCSC1.CC.CC.CC.CC.CC.CC.CC.CC.CC.CC.CC.CC.CC.CC.CC.CC.CC.CC.CC.CC. The minimum absolute atomic E-state index is 0.278. The molecule has 1 saturated carbocycles. The standard InChI is InChI=1S/C6H12.C5H11N.C4H10N2.C4H8N2.2C4H7NO.C4H8O2.C4H8S2.C2H4N2O.C2H3NO2.20C2H6/c2*1-2-4-6-5-3-1;1-2-6-4-3-5-1;1-2-5-4-6-3-1;1-3-6-4-2-5-1;3*1-2-5-4-6-3-1;1-3-2-5-4-1;1-3-5-2-4-1;20*1-2/h1-6H2;6H,1-5H2;5-6H,1-4H2;4H,1-3H2,(H,5,6);1H,2-4H2;4H,1-3H2;2*1-4H2;1H,2H2,(H,3,4);1H,2H2;20*1-2H3. The average Bonchev–Trinajstić information content (AvgIpc) is 4.62. The molecule has 19 heteroatoms.